The molecule has 3 aromatic rings. The average Bonchev–Trinajstić information content (AvgIpc) is 2.79. The Hall–Kier alpha value is -2.65. The third kappa shape index (κ3) is 5.95. The van der Waals surface area contributed by atoms with Crippen LogP contribution in [0.2, 0.25) is 0 Å². The van der Waals surface area contributed by atoms with Crippen LogP contribution in [-0.4, -0.2) is 32.4 Å². The summed E-state index contributed by atoms with van der Waals surface area (Å²) in [6, 6.07) is 18.4. The van der Waals surface area contributed by atoms with Crippen LogP contribution < -0.4 is 10.1 Å². The van der Waals surface area contributed by atoms with Crippen molar-refractivity contribution in [1.82, 2.24) is 0 Å². The summed E-state index contributed by atoms with van der Waals surface area (Å²) in [6.07, 6.45) is 2.10. The first kappa shape index (κ1) is 25.4. The summed E-state index contributed by atoms with van der Waals surface area (Å²) in [4.78, 5) is 28.9. The number of halogens is 2. The number of hydrogen-bond acceptors (Lipinski definition) is 3. The summed E-state index contributed by atoms with van der Waals surface area (Å²) in [5, 5.41) is 11.9. The summed E-state index contributed by atoms with van der Waals surface area (Å²) in [6.45, 7) is 4.03. The van der Waals surface area contributed by atoms with Gasteiger partial charge in [-0.3, -0.25) is 0 Å². The Balaban J connectivity index is 1.68. The van der Waals surface area contributed by atoms with E-state index in [1.165, 1.54) is 22.1 Å². The molecule has 1 aliphatic rings. The second-order valence-electron chi connectivity index (χ2n) is 9.18. The van der Waals surface area contributed by atoms with Crippen LogP contribution in [0.1, 0.15) is 51.3 Å². The predicted octanol–water partition coefficient (Wildman–Crippen LogP) is 7.27. The monoisotopic (exact) mass is 647 g/mol. The fourth-order valence-corrected chi connectivity index (χ4v) is 6.78. The van der Waals surface area contributed by atoms with Gasteiger partial charge in [0, 0.05) is 0 Å². The second-order valence-corrected chi connectivity index (χ2v) is 16.0. The molecule has 0 aliphatic carbocycles. The number of carboxylic acid groups (broad SMARTS) is 1. The molecule has 0 radical (unpaired) electrons. The molecule has 1 aliphatic heterocycles. The number of alkyl halides is 3. The van der Waals surface area contributed by atoms with E-state index in [1.54, 1.807) is 18.2 Å². The van der Waals surface area contributed by atoms with Crippen molar-refractivity contribution < 1.29 is 19.4 Å². The summed E-state index contributed by atoms with van der Waals surface area (Å²) < 4.78 is 8.14. The van der Waals surface area contributed by atoms with Crippen LogP contribution in [0.15, 0.2) is 71.2 Å². The zero-order valence-electron chi connectivity index (χ0n) is 20.0. The summed E-state index contributed by atoms with van der Waals surface area (Å²) in [5.74, 6) is -0.601. The van der Waals surface area contributed by atoms with E-state index in [1.807, 2.05) is 19.9 Å². The van der Waals surface area contributed by atoms with Crippen molar-refractivity contribution in [2.45, 2.75) is 23.9 Å². The molecule has 0 fully saturated rings. The van der Waals surface area contributed by atoms with Gasteiger partial charge < -0.3 is 5.11 Å². The molecule has 0 aromatic heterocycles. The SMILES string of the molecule is CI(C)Cc1ccc(C2=CC(C)(C)Oc3c(Br)cc(C(=O)Nc4ccc(C(=O)O)cc4)cc32)cc1. The van der Waals surface area contributed by atoms with Crippen molar-refractivity contribution in [2.75, 3.05) is 15.2 Å². The molecular weight excluding hydrogens is 621 g/mol. The molecular formula is C28H27BrINO4. The Morgan fingerprint density at radius 1 is 1.00 bits per heavy atom. The van der Waals surface area contributed by atoms with Gasteiger partial charge in [0.25, 0.3) is 0 Å². The van der Waals surface area contributed by atoms with E-state index in [0.29, 0.717) is 21.5 Å². The second kappa shape index (κ2) is 10.1. The van der Waals surface area contributed by atoms with Crippen molar-refractivity contribution in [3.8, 4) is 5.75 Å². The Kier molecular flexibility index (Phi) is 7.38. The van der Waals surface area contributed by atoms with Crippen LogP contribution in [0, 0.1) is 0 Å². The maximum absolute atomic E-state index is 13.1. The maximum atomic E-state index is 13.1. The van der Waals surface area contributed by atoms with Gasteiger partial charge in [-0.15, -0.1) is 0 Å². The summed E-state index contributed by atoms with van der Waals surface area (Å²) in [7, 11) is 0. The van der Waals surface area contributed by atoms with Crippen LogP contribution in [-0.2, 0) is 4.43 Å². The van der Waals surface area contributed by atoms with Crippen LogP contribution in [0.25, 0.3) is 5.57 Å². The number of hydrogen-bond donors (Lipinski definition) is 2. The van der Waals surface area contributed by atoms with Crippen molar-refractivity contribution >= 4 is 58.9 Å². The van der Waals surface area contributed by atoms with Gasteiger partial charge >= 0.3 is 182 Å². The molecule has 1 heterocycles. The minimum atomic E-state index is -1.01. The molecule has 0 spiro atoms. The third-order valence-corrected chi connectivity index (χ3v) is 8.52. The van der Waals surface area contributed by atoms with Gasteiger partial charge in [0.15, 0.2) is 0 Å². The molecule has 3 aromatic carbocycles. The zero-order valence-corrected chi connectivity index (χ0v) is 23.7. The van der Waals surface area contributed by atoms with Crippen LogP contribution in [0.5, 0.6) is 5.75 Å². The molecule has 0 unspecified atom stereocenters. The van der Waals surface area contributed by atoms with Gasteiger partial charge in [0.05, 0.1) is 5.56 Å². The molecule has 0 bridgehead atoms. The van der Waals surface area contributed by atoms with Crippen molar-refractivity contribution in [1.29, 1.82) is 0 Å². The average molecular weight is 648 g/mol. The number of anilines is 1. The molecule has 7 heteroatoms. The number of ether oxygens (including phenoxy) is 1. The molecule has 5 nitrogen and oxygen atoms in total. The Morgan fingerprint density at radius 3 is 2.26 bits per heavy atom. The van der Waals surface area contributed by atoms with Gasteiger partial charge in [0.2, 0.25) is 0 Å². The van der Waals surface area contributed by atoms with Crippen LogP contribution in [0.4, 0.5) is 5.69 Å². The number of aromatic carboxylic acids is 1. The van der Waals surface area contributed by atoms with E-state index in [4.69, 9.17) is 9.84 Å². The van der Waals surface area contributed by atoms with Gasteiger partial charge in [-0.1, -0.05) is 0 Å². The number of carbonyl (C=O) groups is 2. The van der Waals surface area contributed by atoms with E-state index in [0.717, 1.165) is 16.7 Å². The quantitative estimate of drug-likeness (QED) is 0.218. The number of nitrogens with one attached hydrogen (secondary N) is 1. The first-order chi connectivity index (χ1) is 16.5. The fraction of sp³-hybridized carbons (Fsp3) is 0.214. The fourth-order valence-electron chi connectivity index (χ4n) is 3.97. The van der Waals surface area contributed by atoms with Crippen LogP contribution >= 0.6 is 35.7 Å². The van der Waals surface area contributed by atoms with Crippen molar-refractivity contribution in [3.05, 3.63) is 99.0 Å². The number of benzene rings is 3. The standard InChI is InChI=1S/C28H27BrINO4/c1-28(2)15-23(18-7-5-17(6-8-18)16-30(3)4)22-13-20(14-24(29)25(22)35-28)26(32)31-21-11-9-19(10-12-21)27(33)34/h5-15H,16H2,1-4H3,(H,31,32)(H,33,34). The Bertz CT molecular complexity index is 1310. The first-order valence-electron chi connectivity index (χ1n) is 11.0. The zero-order chi connectivity index (χ0) is 25.3. The van der Waals surface area contributed by atoms with Gasteiger partial charge in [-0.25, -0.2) is 4.79 Å². The summed E-state index contributed by atoms with van der Waals surface area (Å²) >= 11 is 2.75. The van der Waals surface area contributed by atoms with E-state index < -0.39 is 31.4 Å². The van der Waals surface area contributed by atoms with Gasteiger partial charge in [0.1, 0.15) is 0 Å². The molecule has 0 saturated heterocycles. The predicted molar refractivity (Wildman–Crippen MR) is 153 cm³/mol. The number of fused-ring (bicyclic) bond motifs is 1. The molecule has 1 amide bonds. The number of carbonyl (C=O) groups excluding carboxylic acids is 1. The van der Waals surface area contributed by atoms with E-state index >= 15 is 0 Å². The third-order valence-electron chi connectivity index (χ3n) is 5.53. The normalized spacial score (nSPS) is 14.3. The van der Waals surface area contributed by atoms with Gasteiger partial charge in [-0.05, 0) is 24.3 Å². The Labute approximate surface area is 221 Å². The molecule has 0 atom stereocenters. The number of amides is 1. The topological polar surface area (TPSA) is 75.6 Å². The summed E-state index contributed by atoms with van der Waals surface area (Å²) in [5.41, 5.74) is 4.94. The van der Waals surface area contributed by atoms with Gasteiger partial charge in [-0.2, -0.15) is 0 Å². The molecule has 0 saturated carbocycles. The first-order valence-corrected chi connectivity index (χ1v) is 17.6. The van der Waals surface area contributed by atoms with E-state index in [9.17, 15) is 9.59 Å². The van der Waals surface area contributed by atoms with E-state index in [-0.39, 0.29) is 11.5 Å². The molecule has 182 valence electrons. The molecule has 35 heavy (non-hydrogen) atoms. The van der Waals surface area contributed by atoms with Crippen molar-refractivity contribution in [3.63, 3.8) is 0 Å². The minimum absolute atomic E-state index is 0.163. The molecule has 2 N–H and O–H groups in total. The Morgan fingerprint density at radius 2 is 1.66 bits per heavy atom. The number of rotatable bonds is 6. The van der Waals surface area contributed by atoms with E-state index in [2.05, 4.69) is 61.4 Å². The molecule has 4 rings (SSSR count). The number of carboxylic acids is 1. The van der Waals surface area contributed by atoms with Crippen LogP contribution in [0.3, 0.4) is 0 Å². The van der Waals surface area contributed by atoms with Crippen molar-refractivity contribution in [2.24, 2.45) is 0 Å².